The number of imidazole rings is 1. The van der Waals surface area contributed by atoms with Crippen molar-refractivity contribution in [2.75, 3.05) is 0 Å². The van der Waals surface area contributed by atoms with E-state index in [-0.39, 0.29) is 5.69 Å². The van der Waals surface area contributed by atoms with Crippen molar-refractivity contribution in [3.05, 3.63) is 47.0 Å². The highest BCUT2D eigenvalue weighted by Crippen LogP contribution is 2.16. The maximum absolute atomic E-state index is 11.6. The summed E-state index contributed by atoms with van der Waals surface area (Å²) in [5.74, 6) is 0. The lowest BCUT2D eigenvalue weighted by Crippen LogP contribution is -2.17. The van der Waals surface area contributed by atoms with E-state index in [9.17, 15) is 4.79 Å². The van der Waals surface area contributed by atoms with Crippen LogP contribution >= 0.6 is 0 Å². The summed E-state index contributed by atoms with van der Waals surface area (Å²) in [6.07, 6.45) is 3.90. The zero-order valence-electron chi connectivity index (χ0n) is 9.44. The number of benzene rings is 1. The lowest BCUT2D eigenvalue weighted by Gasteiger charge is -2.06. The predicted molar refractivity (Wildman–Crippen MR) is 65.4 cm³/mol. The summed E-state index contributed by atoms with van der Waals surface area (Å²) < 4.78 is 1.80. The van der Waals surface area contributed by atoms with Crippen LogP contribution in [0.15, 0.2) is 41.3 Å². The second-order valence-electron chi connectivity index (χ2n) is 3.85. The van der Waals surface area contributed by atoms with Gasteiger partial charge in [0.05, 0.1) is 5.69 Å². The molecule has 0 radical (unpaired) electrons. The molecule has 2 aromatic rings. The molecule has 0 aliphatic heterocycles. The van der Waals surface area contributed by atoms with Crippen LogP contribution in [-0.4, -0.2) is 9.55 Å². The van der Waals surface area contributed by atoms with Gasteiger partial charge in [-0.1, -0.05) is 43.7 Å². The van der Waals surface area contributed by atoms with Gasteiger partial charge in [-0.25, -0.2) is 4.79 Å². The highest BCUT2D eigenvalue weighted by atomic mass is 16.1. The van der Waals surface area contributed by atoms with Crippen LogP contribution in [0.3, 0.4) is 0 Å². The molecule has 1 aromatic heterocycles. The van der Waals surface area contributed by atoms with E-state index in [4.69, 9.17) is 0 Å². The highest BCUT2D eigenvalue weighted by molar-refractivity contribution is 5.58. The zero-order chi connectivity index (χ0) is 11.4. The summed E-state index contributed by atoms with van der Waals surface area (Å²) in [5, 5.41) is 0. The van der Waals surface area contributed by atoms with Gasteiger partial charge in [-0.2, -0.15) is 0 Å². The average molecular weight is 216 g/mol. The van der Waals surface area contributed by atoms with Gasteiger partial charge in [-0.05, 0) is 12.0 Å². The number of hydrogen-bond donors (Lipinski definition) is 1. The molecule has 0 aliphatic rings. The van der Waals surface area contributed by atoms with Crippen LogP contribution in [0.4, 0.5) is 0 Å². The lowest BCUT2D eigenvalue weighted by atomic mass is 10.1. The Bertz CT molecular complexity index is 496. The van der Waals surface area contributed by atoms with Crippen molar-refractivity contribution in [3.8, 4) is 11.3 Å². The predicted octanol–water partition coefficient (Wildman–Crippen LogP) is 2.64. The Morgan fingerprint density at radius 3 is 2.69 bits per heavy atom. The largest absolute Gasteiger partial charge is 0.325 e. The van der Waals surface area contributed by atoms with Crippen molar-refractivity contribution in [2.45, 2.75) is 26.3 Å². The number of nitrogens with one attached hydrogen (secondary N) is 1. The van der Waals surface area contributed by atoms with Crippen molar-refractivity contribution in [1.82, 2.24) is 9.55 Å². The molecule has 3 nitrogen and oxygen atoms in total. The average Bonchev–Trinajstić information content (AvgIpc) is 2.69. The molecular formula is C13H16N2O. The zero-order valence-corrected chi connectivity index (χ0v) is 9.44. The number of H-pyrrole nitrogens is 1. The molecule has 0 bridgehead atoms. The molecular weight excluding hydrogens is 200 g/mol. The number of nitrogens with zero attached hydrogens (tertiary/aromatic N) is 1. The van der Waals surface area contributed by atoms with E-state index in [1.165, 1.54) is 0 Å². The SMILES string of the molecule is CCCCn1c(-c2ccccc2)c[nH]c1=O. The monoisotopic (exact) mass is 216 g/mol. The third kappa shape index (κ3) is 2.08. The van der Waals surface area contributed by atoms with E-state index in [0.29, 0.717) is 0 Å². The molecule has 0 spiro atoms. The Morgan fingerprint density at radius 1 is 1.25 bits per heavy atom. The summed E-state index contributed by atoms with van der Waals surface area (Å²) in [5.41, 5.74) is 2.03. The molecule has 0 atom stereocenters. The van der Waals surface area contributed by atoms with Crippen LogP contribution in [0.5, 0.6) is 0 Å². The molecule has 0 aliphatic carbocycles. The Kier molecular flexibility index (Phi) is 3.25. The second kappa shape index (κ2) is 4.84. The first-order chi connectivity index (χ1) is 7.83. The van der Waals surface area contributed by atoms with Gasteiger partial charge in [-0.3, -0.25) is 4.57 Å². The van der Waals surface area contributed by atoms with Gasteiger partial charge in [0.2, 0.25) is 0 Å². The van der Waals surface area contributed by atoms with Crippen LogP contribution in [-0.2, 0) is 6.54 Å². The smallest absolute Gasteiger partial charge is 0.312 e. The van der Waals surface area contributed by atoms with Crippen molar-refractivity contribution >= 4 is 0 Å². The maximum atomic E-state index is 11.6. The van der Waals surface area contributed by atoms with Crippen LogP contribution in [0.1, 0.15) is 19.8 Å². The number of aromatic nitrogens is 2. The fraction of sp³-hybridized carbons (Fsp3) is 0.308. The molecule has 16 heavy (non-hydrogen) atoms. The van der Waals surface area contributed by atoms with Gasteiger partial charge in [0, 0.05) is 12.7 Å². The molecule has 84 valence electrons. The Hall–Kier alpha value is -1.77. The van der Waals surface area contributed by atoms with Crippen LogP contribution < -0.4 is 5.69 Å². The first-order valence-electron chi connectivity index (χ1n) is 5.66. The molecule has 0 unspecified atom stereocenters. The van der Waals surface area contributed by atoms with E-state index in [1.54, 1.807) is 10.8 Å². The minimum atomic E-state index is -0.0210. The quantitative estimate of drug-likeness (QED) is 0.838. The minimum absolute atomic E-state index is 0.0210. The molecule has 0 saturated heterocycles. The van der Waals surface area contributed by atoms with Gasteiger partial charge in [0.1, 0.15) is 0 Å². The summed E-state index contributed by atoms with van der Waals surface area (Å²) in [4.78, 5) is 14.4. The lowest BCUT2D eigenvalue weighted by molar-refractivity contribution is 0.619. The van der Waals surface area contributed by atoms with E-state index >= 15 is 0 Å². The topological polar surface area (TPSA) is 37.8 Å². The van der Waals surface area contributed by atoms with Gasteiger partial charge >= 0.3 is 5.69 Å². The molecule has 1 heterocycles. The number of hydrogen-bond acceptors (Lipinski definition) is 1. The summed E-state index contributed by atoms with van der Waals surface area (Å²) in [6.45, 7) is 2.91. The van der Waals surface area contributed by atoms with E-state index in [2.05, 4.69) is 11.9 Å². The van der Waals surface area contributed by atoms with Crippen LogP contribution in [0.25, 0.3) is 11.3 Å². The maximum Gasteiger partial charge on any atom is 0.325 e. The fourth-order valence-corrected chi connectivity index (χ4v) is 1.78. The van der Waals surface area contributed by atoms with Crippen molar-refractivity contribution in [2.24, 2.45) is 0 Å². The molecule has 0 saturated carbocycles. The summed E-state index contributed by atoms with van der Waals surface area (Å²) in [6, 6.07) is 9.98. The van der Waals surface area contributed by atoms with Crippen LogP contribution in [0.2, 0.25) is 0 Å². The summed E-state index contributed by atoms with van der Waals surface area (Å²) >= 11 is 0. The minimum Gasteiger partial charge on any atom is -0.312 e. The fourth-order valence-electron chi connectivity index (χ4n) is 1.78. The molecule has 1 aromatic carbocycles. The van der Waals surface area contributed by atoms with Gasteiger partial charge in [0.25, 0.3) is 0 Å². The number of unbranched alkanes of at least 4 members (excludes halogenated alkanes) is 1. The third-order valence-electron chi connectivity index (χ3n) is 2.67. The molecule has 0 fully saturated rings. The Balaban J connectivity index is 2.38. The molecule has 0 amide bonds. The van der Waals surface area contributed by atoms with E-state index in [1.807, 2.05) is 30.3 Å². The normalized spacial score (nSPS) is 10.6. The van der Waals surface area contributed by atoms with Gasteiger partial charge in [-0.15, -0.1) is 0 Å². The Labute approximate surface area is 94.7 Å². The van der Waals surface area contributed by atoms with Crippen molar-refractivity contribution in [3.63, 3.8) is 0 Å². The van der Waals surface area contributed by atoms with Crippen molar-refractivity contribution in [1.29, 1.82) is 0 Å². The third-order valence-corrected chi connectivity index (χ3v) is 2.67. The first kappa shape index (κ1) is 10.7. The Morgan fingerprint density at radius 2 is 2.00 bits per heavy atom. The summed E-state index contributed by atoms with van der Waals surface area (Å²) in [7, 11) is 0. The second-order valence-corrected chi connectivity index (χ2v) is 3.85. The number of aromatic amines is 1. The first-order valence-corrected chi connectivity index (χ1v) is 5.66. The van der Waals surface area contributed by atoms with Gasteiger partial charge < -0.3 is 4.98 Å². The highest BCUT2D eigenvalue weighted by Gasteiger charge is 2.06. The standard InChI is InChI=1S/C13H16N2O/c1-2-3-9-15-12(10-14-13(15)16)11-7-5-4-6-8-11/h4-8,10H,2-3,9H2,1H3,(H,14,16). The van der Waals surface area contributed by atoms with Gasteiger partial charge in [0.15, 0.2) is 0 Å². The molecule has 2 rings (SSSR count). The molecule has 3 heteroatoms. The van der Waals surface area contributed by atoms with E-state index in [0.717, 1.165) is 30.6 Å². The number of rotatable bonds is 4. The molecule has 1 N–H and O–H groups in total. The van der Waals surface area contributed by atoms with Crippen molar-refractivity contribution < 1.29 is 0 Å². The van der Waals surface area contributed by atoms with E-state index < -0.39 is 0 Å². The van der Waals surface area contributed by atoms with Crippen LogP contribution in [0, 0.1) is 0 Å².